The molecule has 7 heteroatoms. The number of amides is 1. The second-order valence-electron chi connectivity index (χ2n) is 7.98. The van der Waals surface area contributed by atoms with Crippen LogP contribution in [0, 0.1) is 6.92 Å². The van der Waals surface area contributed by atoms with Crippen LogP contribution in [-0.4, -0.2) is 33.6 Å². The standard InChI is InChI=1S/C23H34N4O3/c1-4-5-9-14-29-23(28)24-16-21-19(15-25-27(21)3)20-12-13-22(17(2)26-20)30-18-10-7-6-8-11-18/h12-13,15,18H,4-11,14,16H2,1-3H3,(H,24,28). The number of aromatic nitrogens is 3. The maximum Gasteiger partial charge on any atom is 0.407 e. The zero-order chi connectivity index (χ0) is 21.3. The molecule has 0 aromatic carbocycles. The van der Waals surface area contributed by atoms with Crippen LogP contribution in [0.4, 0.5) is 4.79 Å². The molecule has 2 aromatic heterocycles. The van der Waals surface area contributed by atoms with E-state index in [0.29, 0.717) is 19.3 Å². The number of nitrogens with one attached hydrogen (secondary N) is 1. The van der Waals surface area contributed by atoms with Gasteiger partial charge in [-0.2, -0.15) is 5.10 Å². The normalized spacial score (nSPS) is 14.5. The van der Waals surface area contributed by atoms with E-state index in [2.05, 4.69) is 17.3 Å². The van der Waals surface area contributed by atoms with E-state index in [0.717, 1.165) is 60.5 Å². The van der Waals surface area contributed by atoms with Gasteiger partial charge < -0.3 is 14.8 Å². The lowest BCUT2D eigenvalue weighted by Gasteiger charge is -2.23. The number of carbonyl (C=O) groups is 1. The number of aryl methyl sites for hydroxylation is 2. The largest absolute Gasteiger partial charge is 0.489 e. The molecule has 164 valence electrons. The van der Waals surface area contributed by atoms with E-state index < -0.39 is 6.09 Å². The molecule has 0 saturated heterocycles. The summed E-state index contributed by atoms with van der Waals surface area (Å²) >= 11 is 0. The van der Waals surface area contributed by atoms with Crippen molar-refractivity contribution in [1.29, 1.82) is 0 Å². The van der Waals surface area contributed by atoms with E-state index in [1.54, 1.807) is 10.9 Å². The molecule has 30 heavy (non-hydrogen) atoms. The third-order valence-corrected chi connectivity index (χ3v) is 5.60. The maximum absolute atomic E-state index is 12.0. The van der Waals surface area contributed by atoms with Crippen molar-refractivity contribution in [2.75, 3.05) is 6.61 Å². The van der Waals surface area contributed by atoms with Crippen molar-refractivity contribution in [2.24, 2.45) is 7.05 Å². The number of pyridine rings is 1. The number of alkyl carbamates (subject to hydrolysis) is 1. The summed E-state index contributed by atoms with van der Waals surface area (Å²) in [6.45, 7) is 4.87. The number of hydrogen-bond donors (Lipinski definition) is 1. The Bertz CT molecular complexity index is 828. The number of rotatable bonds is 9. The lowest BCUT2D eigenvalue weighted by atomic mass is 9.98. The lowest BCUT2D eigenvalue weighted by Crippen LogP contribution is -2.25. The van der Waals surface area contributed by atoms with Crippen LogP contribution in [0.5, 0.6) is 5.75 Å². The molecule has 2 aromatic rings. The van der Waals surface area contributed by atoms with Gasteiger partial charge >= 0.3 is 6.09 Å². The first kappa shape index (κ1) is 22.1. The van der Waals surface area contributed by atoms with E-state index in [1.165, 1.54) is 19.3 Å². The van der Waals surface area contributed by atoms with Gasteiger partial charge in [-0.3, -0.25) is 4.68 Å². The van der Waals surface area contributed by atoms with Crippen molar-refractivity contribution < 1.29 is 14.3 Å². The molecule has 1 fully saturated rings. The SMILES string of the molecule is CCCCCOC(=O)NCc1c(-c2ccc(OC3CCCCC3)c(C)n2)cnn1C. The Hall–Kier alpha value is -2.57. The molecule has 1 aliphatic carbocycles. The van der Waals surface area contributed by atoms with E-state index in [4.69, 9.17) is 14.5 Å². The van der Waals surface area contributed by atoms with Crippen molar-refractivity contribution in [3.63, 3.8) is 0 Å². The average molecular weight is 415 g/mol. The van der Waals surface area contributed by atoms with Crippen LogP contribution in [0.2, 0.25) is 0 Å². The van der Waals surface area contributed by atoms with E-state index in [9.17, 15) is 4.79 Å². The summed E-state index contributed by atoms with van der Waals surface area (Å²) in [6, 6.07) is 3.97. The van der Waals surface area contributed by atoms with Crippen LogP contribution in [0.25, 0.3) is 11.3 Å². The quantitative estimate of drug-likeness (QED) is 0.589. The molecule has 0 atom stereocenters. The first-order chi connectivity index (χ1) is 14.6. The van der Waals surface area contributed by atoms with Gasteiger partial charge in [0, 0.05) is 12.6 Å². The summed E-state index contributed by atoms with van der Waals surface area (Å²) in [6.07, 6.45) is 10.7. The van der Waals surface area contributed by atoms with Gasteiger partial charge in [-0.1, -0.05) is 26.2 Å². The van der Waals surface area contributed by atoms with Crippen LogP contribution in [0.3, 0.4) is 0 Å². The van der Waals surface area contributed by atoms with E-state index >= 15 is 0 Å². The second kappa shape index (κ2) is 11.0. The maximum atomic E-state index is 12.0. The lowest BCUT2D eigenvalue weighted by molar-refractivity contribution is 0.143. The Balaban J connectivity index is 1.63. The van der Waals surface area contributed by atoms with Crippen molar-refractivity contribution in [2.45, 2.75) is 77.9 Å². The van der Waals surface area contributed by atoms with Crippen LogP contribution >= 0.6 is 0 Å². The summed E-state index contributed by atoms with van der Waals surface area (Å²) in [4.78, 5) is 16.7. The summed E-state index contributed by atoms with van der Waals surface area (Å²) in [7, 11) is 1.86. The molecule has 0 bridgehead atoms. The summed E-state index contributed by atoms with van der Waals surface area (Å²) in [5.74, 6) is 0.852. The van der Waals surface area contributed by atoms with Crippen molar-refractivity contribution in [3.05, 3.63) is 29.7 Å². The Kier molecular flexibility index (Phi) is 8.11. The minimum atomic E-state index is -0.404. The molecule has 1 saturated carbocycles. The molecule has 0 spiro atoms. The van der Waals surface area contributed by atoms with Gasteiger partial charge in [0.25, 0.3) is 0 Å². The zero-order valence-corrected chi connectivity index (χ0v) is 18.4. The minimum Gasteiger partial charge on any atom is -0.489 e. The fourth-order valence-electron chi connectivity index (χ4n) is 3.80. The Morgan fingerprint density at radius 1 is 1.23 bits per heavy atom. The third kappa shape index (κ3) is 5.97. The molecule has 1 aliphatic rings. The number of unbranched alkanes of at least 4 members (excludes halogenated alkanes) is 2. The molecule has 7 nitrogen and oxygen atoms in total. The molecular weight excluding hydrogens is 380 g/mol. The Labute approximate surface area is 179 Å². The predicted molar refractivity (Wildman–Crippen MR) is 116 cm³/mol. The average Bonchev–Trinajstić information content (AvgIpc) is 3.12. The highest BCUT2D eigenvalue weighted by molar-refractivity contribution is 5.68. The minimum absolute atomic E-state index is 0.298. The number of ether oxygens (including phenoxy) is 2. The van der Waals surface area contributed by atoms with Crippen molar-refractivity contribution >= 4 is 6.09 Å². The predicted octanol–water partition coefficient (Wildman–Crippen LogP) is 4.92. The van der Waals surface area contributed by atoms with Crippen molar-refractivity contribution in [1.82, 2.24) is 20.1 Å². The highest BCUT2D eigenvalue weighted by Gasteiger charge is 2.18. The Morgan fingerprint density at radius 2 is 2.03 bits per heavy atom. The van der Waals surface area contributed by atoms with Gasteiger partial charge in [0.05, 0.1) is 42.5 Å². The molecule has 0 radical (unpaired) electrons. The highest BCUT2D eigenvalue weighted by Crippen LogP contribution is 2.28. The van der Waals surface area contributed by atoms with Crippen LogP contribution < -0.4 is 10.1 Å². The van der Waals surface area contributed by atoms with Crippen LogP contribution in [0.15, 0.2) is 18.3 Å². The second-order valence-corrected chi connectivity index (χ2v) is 7.98. The Morgan fingerprint density at radius 3 is 2.77 bits per heavy atom. The monoisotopic (exact) mass is 414 g/mol. The van der Waals surface area contributed by atoms with E-state index in [1.807, 2.05) is 26.1 Å². The van der Waals surface area contributed by atoms with Gasteiger partial charge in [0.15, 0.2) is 0 Å². The van der Waals surface area contributed by atoms with Gasteiger partial charge in [0.1, 0.15) is 5.75 Å². The van der Waals surface area contributed by atoms with E-state index in [-0.39, 0.29) is 0 Å². The fraction of sp³-hybridized carbons (Fsp3) is 0.609. The molecule has 0 unspecified atom stereocenters. The zero-order valence-electron chi connectivity index (χ0n) is 18.4. The number of nitrogens with zero attached hydrogens (tertiary/aromatic N) is 3. The van der Waals surface area contributed by atoms with Gasteiger partial charge in [-0.25, -0.2) is 9.78 Å². The smallest absolute Gasteiger partial charge is 0.407 e. The first-order valence-electron chi connectivity index (χ1n) is 11.1. The summed E-state index contributed by atoms with van der Waals surface area (Å²) in [5.41, 5.74) is 3.48. The molecule has 1 amide bonds. The molecule has 3 rings (SSSR count). The molecular formula is C23H34N4O3. The van der Waals surface area contributed by atoms with Crippen LogP contribution in [0.1, 0.15) is 69.7 Å². The molecule has 0 aliphatic heterocycles. The fourth-order valence-corrected chi connectivity index (χ4v) is 3.80. The molecule has 1 N–H and O–H groups in total. The molecule has 2 heterocycles. The topological polar surface area (TPSA) is 78.3 Å². The van der Waals surface area contributed by atoms with Gasteiger partial charge in [-0.05, 0) is 51.2 Å². The summed E-state index contributed by atoms with van der Waals surface area (Å²) < 4.78 is 13.2. The van der Waals surface area contributed by atoms with Gasteiger partial charge in [0.2, 0.25) is 0 Å². The third-order valence-electron chi connectivity index (χ3n) is 5.60. The first-order valence-corrected chi connectivity index (χ1v) is 11.1. The summed E-state index contributed by atoms with van der Waals surface area (Å²) in [5, 5.41) is 7.18. The van der Waals surface area contributed by atoms with Crippen molar-refractivity contribution in [3.8, 4) is 17.0 Å². The van der Waals surface area contributed by atoms with Crippen LogP contribution in [-0.2, 0) is 18.3 Å². The number of hydrogen-bond acceptors (Lipinski definition) is 5. The highest BCUT2D eigenvalue weighted by atomic mass is 16.5. The van der Waals surface area contributed by atoms with Gasteiger partial charge in [-0.15, -0.1) is 0 Å². The number of carbonyl (C=O) groups excluding carboxylic acids is 1.